The molecule has 2 aromatic heterocycles. The number of nitro benzene ring substituents is 1. The van der Waals surface area contributed by atoms with Crippen molar-refractivity contribution in [2.24, 2.45) is 17.8 Å². The molecule has 1 saturated heterocycles. The fourth-order valence-corrected chi connectivity index (χ4v) is 7.55. The normalized spacial score (nSPS) is 23.8. The second-order valence-electron chi connectivity index (χ2n) is 12.1. The molecule has 5 heterocycles. The van der Waals surface area contributed by atoms with E-state index in [4.69, 9.17) is 4.98 Å². The lowest BCUT2D eigenvalue weighted by molar-refractivity contribution is -0.384. The van der Waals surface area contributed by atoms with Crippen LogP contribution in [0.3, 0.4) is 0 Å². The van der Waals surface area contributed by atoms with E-state index >= 15 is 0 Å². The molecule has 42 heavy (non-hydrogen) atoms. The second kappa shape index (κ2) is 10.1. The number of para-hydroxylation sites is 2. The summed E-state index contributed by atoms with van der Waals surface area (Å²) in [6.45, 7) is 5.41. The number of hydrogen-bond acceptors (Lipinski definition) is 6. The Morgan fingerprint density at radius 3 is 2.79 bits per heavy atom. The van der Waals surface area contributed by atoms with Gasteiger partial charge in [0, 0.05) is 54.6 Å². The number of benzene rings is 2. The molecule has 2 bridgehead atoms. The number of piperidine rings is 1. The highest BCUT2D eigenvalue weighted by Crippen LogP contribution is 2.48. The van der Waals surface area contributed by atoms with Crippen molar-refractivity contribution >= 4 is 28.3 Å². The molecule has 10 heteroatoms. The van der Waals surface area contributed by atoms with Crippen LogP contribution in [0.5, 0.6) is 0 Å². The summed E-state index contributed by atoms with van der Waals surface area (Å²) >= 11 is 0. The first kappa shape index (κ1) is 26.4. The van der Waals surface area contributed by atoms with Crippen LogP contribution in [-0.4, -0.2) is 38.0 Å². The Hall–Kier alpha value is -4.47. The van der Waals surface area contributed by atoms with Gasteiger partial charge in [0.15, 0.2) is 0 Å². The predicted octanol–water partition coefficient (Wildman–Crippen LogP) is 4.70. The summed E-state index contributed by atoms with van der Waals surface area (Å²) in [5, 5.41) is 15.0. The van der Waals surface area contributed by atoms with Gasteiger partial charge in [-0.25, -0.2) is 4.98 Å². The summed E-state index contributed by atoms with van der Waals surface area (Å²) in [5.41, 5.74) is 4.58. The molecule has 2 N–H and O–H groups in total. The van der Waals surface area contributed by atoms with E-state index < -0.39 is 5.92 Å². The van der Waals surface area contributed by atoms with Crippen molar-refractivity contribution in [1.29, 1.82) is 0 Å². The first-order chi connectivity index (χ1) is 20.3. The topological polar surface area (TPSA) is 126 Å². The number of nitrogens with one attached hydrogen (secondary N) is 2. The van der Waals surface area contributed by atoms with E-state index in [1.165, 1.54) is 0 Å². The van der Waals surface area contributed by atoms with E-state index in [0.29, 0.717) is 19.5 Å². The van der Waals surface area contributed by atoms with Crippen molar-refractivity contribution in [3.8, 4) is 0 Å². The van der Waals surface area contributed by atoms with Gasteiger partial charge in [-0.3, -0.25) is 19.7 Å². The Kier molecular flexibility index (Phi) is 6.36. The van der Waals surface area contributed by atoms with E-state index in [9.17, 15) is 19.7 Å². The average molecular weight is 567 g/mol. The third kappa shape index (κ3) is 4.28. The average Bonchev–Trinajstić information content (AvgIpc) is 3.43. The third-order valence-electron chi connectivity index (χ3n) is 9.75. The number of pyridine rings is 1. The zero-order chi connectivity index (χ0) is 29.1. The fourth-order valence-electron chi connectivity index (χ4n) is 7.55. The van der Waals surface area contributed by atoms with Crippen LogP contribution in [0.1, 0.15) is 55.7 Å². The van der Waals surface area contributed by atoms with Crippen LogP contribution in [-0.2, 0) is 17.8 Å². The molecule has 216 valence electrons. The first-order valence-electron chi connectivity index (χ1n) is 14.8. The minimum Gasteiger partial charge on any atom is -0.366 e. The number of imidazole rings is 1. The summed E-state index contributed by atoms with van der Waals surface area (Å²) in [7, 11) is 0. The lowest BCUT2D eigenvalue weighted by atomic mass is 9.70. The minimum absolute atomic E-state index is 0.00907. The van der Waals surface area contributed by atoms with Crippen LogP contribution in [0.4, 0.5) is 11.4 Å². The fraction of sp³-hybridized carbons (Fsp3) is 0.406. The van der Waals surface area contributed by atoms with Crippen LogP contribution < -0.4 is 15.8 Å². The minimum atomic E-state index is -0.442. The molecule has 4 aromatic rings. The summed E-state index contributed by atoms with van der Waals surface area (Å²) < 4.78 is 1.88. The van der Waals surface area contributed by atoms with E-state index in [-0.39, 0.29) is 51.9 Å². The van der Waals surface area contributed by atoms with Crippen molar-refractivity contribution in [1.82, 2.24) is 19.9 Å². The van der Waals surface area contributed by atoms with Gasteiger partial charge in [-0.1, -0.05) is 38.5 Å². The zero-order valence-electron chi connectivity index (χ0n) is 23.7. The van der Waals surface area contributed by atoms with Crippen molar-refractivity contribution in [2.75, 3.05) is 11.4 Å². The molecule has 1 fully saturated rings. The van der Waals surface area contributed by atoms with Crippen molar-refractivity contribution < 1.29 is 9.72 Å². The number of rotatable bonds is 6. The number of anilines is 1. The van der Waals surface area contributed by atoms with Crippen molar-refractivity contribution in [3.05, 3.63) is 98.2 Å². The summed E-state index contributed by atoms with van der Waals surface area (Å²) in [6, 6.07) is 17.8. The van der Waals surface area contributed by atoms with Gasteiger partial charge in [-0.05, 0) is 54.5 Å². The molecule has 0 aliphatic carbocycles. The number of fused-ring (bicyclic) bond motifs is 9. The Balaban J connectivity index is 1.28. The maximum Gasteiger partial charge on any atom is 0.269 e. The number of amides is 1. The van der Waals surface area contributed by atoms with Crippen LogP contribution >= 0.6 is 0 Å². The molecule has 3 aliphatic heterocycles. The predicted molar refractivity (Wildman–Crippen MR) is 159 cm³/mol. The van der Waals surface area contributed by atoms with E-state index in [1.54, 1.807) is 18.2 Å². The summed E-state index contributed by atoms with van der Waals surface area (Å²) in [6.07, 6.45) is 2.14. The van der Waals surface area contributed by atoms with E-state index in [2.05, 4.69) is 29.0 Å². The van der Waals surface area contributed by atoms with Gasteiger partial charge >= 0.3 is 0 Å². The van der Waals surface area contributed by atoms with Gasteiger partial charge in [0.05, 0.1) is 27.9 Å². The Morgan fingerprint density at radius 2 is 2.00 bits per heavy atom. The highest BCUT2D eigenvalue weighted by molar-refractivity contribution is 5.83. The van der Waals surface area contributed by atoms with Gasteiger partial charge in [0.2, 0.25) is 5.91 Å². The number of carbonyl (C=O) groups excluding carboxylic acids is 1. The van der Waals surface area contributed by atoms with Gasteiger partial charge in [-0.2, -0.15) is 0 Å². The van der Waals surface area contributed by atoms with Crippen LogP contribution in [0.15, 0.2) is 65.5 Å². The van der Waals surface area contributed by atoms with Crippen LogP contribution in [0, 0.1) is 27.9 Å². The molecule has 0 radical (unpaired) electrons. The van der Waals surface area contributed by atoms with Gasteiger partial charge in [-0.15, -0.1) is 0 Å². The number of non-ortho nitro benzene ring substituents is 1. The smallest absolute Gasteiger partial charge is 0.269 e. The molecule has 7 rings (SSSR count). The Labute approximate surface area is 242 Å². The largest absolute Gasteiger partial charge is 0.366 e. The van der Waals surface area contributed by atoms with Gasteiger partial charge < -0.3 is 19.8 Å². The van der Waals surface area contributed by atoms with Crippen LogP contribution in [0.25, 0.3) is 11.0 Å². The van der Waals surface area contributed by atoms with Gasteiger partial charge in [0.25, 0.3) is 11.2 Å². The Morgan fingerprint density at radius 1 is 1.17 bits per heavy atom. The number of aromatic amines is 1. The molecular formula is C32H34N6O4. The third-order valence-corrected chi connectivity index (χ3v) is 9.75. The molecule has 2 aromatic carbocycles. The van der Waals surface area contributed by atoms with Crippen molar-refractivity contribution in [2.45, 2.75) is 57.7 Å². The molecule has 10 nitrogen and oxygen atoms in total. The van der Waals surface area contributed by atoms with E-state index in [1.807, 2.05) is 47.0 Å². The second-order valence-corrected chi connectivity index (χ2v) is 12.1. The molecule has 0 saturated carbocycles. The number of carbonyl (C=O) groups is 1. The number of H-pyrrole nitrogens is 1. The number of aromatic nitrogens is 3. The molecule has 0 spiro atoms. The summed E-state index contributed by atoms with van der Waals surface area (Å²) in [4.78, 5) is 49.1. The highest BCUT2D eigenvalue weighted by Gasteiger charge is 2.49. The first-order valence-corrected chi connectivity index (χ1v) is 14.8. The monoisotopic (exact) mass is 566 g/mol. The highest BCUT2D eigenvalue weighted by atomic mass is 16.6. The Bertz CT molecular complexity index is 1730. The van der Waals surface area contributed by atoms with Gasteiger partial charge in [0.1, 0.15) is 5.82 Å². The number of hydrogen-bond donors (Lipinski definition) is 2. The zero-order valence-corrected chi connectivity index (χ0v) is 23.7. The maximum atomic E-state index is 14.4. The molecule has 1 amide bonds. The SMILES string of the molecule is CC[C@H](C)[C@H](NC(=O)[C@@H]1Cc2cc([N+](=O)[O-])ccc2N2CC3CC(Cn4c3cccc4=O)[C@@H]12)c1nc2ccccc2[nH]1. The molecular weight excluding hydrogens is 532 g/mol. The quantitative estimate of drug-likeness (QED) is 0.257. The number of nitrogens with zero attached hydrogens (tertiary/aromatic N) is 4. The van der Waals surface area contributed by atoms with Crippen molar-refractivity contribution in [3.63, 3.8) is 0 Å². The summed E-state index contributed by atoms with van der Waals surface area (Å²) in [5.74, 6) is 0.550. The van der Waals surface area contributed by atoms with Crippen LogP contribution in [0.2, 0.25) is 0 Å². The van der Waals surface area contributed by atoms with E-state index in [0.717, 1.165) is 46.6 Å². The molecule has 6 atom stereocenters. The maximum absolute atomic E-state index is 14.4. The number of nitro groups is 1. The standard InChI is InChI=1S/C32H34N6O4/c1-3-18(2)29(31-33-24-7-4-5-8-25(24)34-31)35-32(40)23-15-19-14-22(38(41)42)11-12-27(19)37-16-20-13-21(30(23)37)17-36-26(20)9-6-10-28(36)39/h4-12,14,18,20-21,23,29-30H,3,13,15-17H2,1-2H3,(H,33,34)(H,35,40)/t18-,20?,21?,23+,29-,30-/m0/s1. The lowest BCUT2D eigenvalue weighted by Crippen LogP contribution is -2.61. The lowest BCUT2D eigenvalue weighted by Gasteiger charge is -2.54. The molecule has 2 unspecified atom stereocenters. The molecule has 3 aliphatic rings.